The summed E-state index contributed by atoms with van der Waals surface area (Å²) >= 11 is 0. The standard InChI is InChI=1S/C17H22N2O5/c1-2-24-13-6-4-12(5-7-13)19-15(21)11-18-14(20)10-17(16(22)23)8-3-9-17/h4-7H,2-3,8-11H2,1H3,(H,18,20)(H,19,21)(H,22,23). The quantitative estimate of drug-likeness (QED) is 0.672. The van der Waals surface area contributed by atoms with Crippen LogP contribution < -0.4 is 15.4 Å². The highest BCUT2D eigenvalue weighted by atomic mass is 16.5. The van der Waals surface area contributed by atoms with Crippen molar-refractivity contribution in [2.75, 3.05) is 18.5 Å². The molecule has 0 aromatic heterocycles. The maximum Gasteiger partial charge on any atom is 0.310 e. The molecule has 130 valence electrons. The predicted molar refractivity (Wildman–Crippen MR) is 87.8 cm³/mol. The van der Waals surface area contributed by atoms with Gasteiger partial charge in [-0.2, -0.15) is 0 Å². The van der Waals surface area contributed by atoms with E-state index in [1.54, 1.807) is 24.3 Å². The minimum absolute atomic E-state index is 0.0847. The molecule has 1 aromatic rings. The van der Waals surface area contributed by atoms with Gasteiger partial charge in [-0.25, -0.2) is 0 Å². The highest BCUT2D eigenvalue weighted by Gasteiger charge is 2.45. The van der Waals surface area contributed by atoms with Gasteiger partial charge < -0.3 is 20.5 Å². The summed E-state index contributed by atoms with van der Waals surface area (Å²) < 4.78 is 5.31. The van der Waals surface area contributed by atoms with Crippen LogP contribution in [0.15, 0.2) is 24.3 Å². The minimum atomic E-state index is -0.949. The Balaban J connectivity index is 1.76. The number of hydrogen-bond acceptors (Lipinski definition) is 4. The number of ether oxygens (including phenoxy) is 1. The maximum absolute atomic E-state index is 11.9. The number of rotatable bonds is 8. The Kier molecular flexibility index (Phi) is 5.78. The molecule has 1 saturated carbocycles. The lowest BCUT2D eigenvalue weighted by molar-refractivity contribution is -0.157. The molecule has 0 unspecified atom stereocenters. The van der Waals surface area contributed by atoms with Crippen LogP contribution in [0.5, 0.6) is 5.75 Å². The van der Waals surface area contributed by atoms with Gasteiger partial charge in [0.05, 0.1) is 18.6 Å². The molecule has 7 heteroatoms. The zero-order valence-corrected chi connectivity index (χ0v) is 13.6. The molecule has 0 saturated heterocycles. The third kappa shape index (κ3) is 4.47. The monoisotopic (exact) mass is 334 g/mol. The lowest BCUT2D eigenvalue weighted by atomic mass is 9.66. The molecule has 2 rings (SSSR count). The molecule has 1 aliphatic rings. The van der Waals surface area contributed by atoms with Crippen molar-refractivity contribution in [3.63, 3.8) is 0 Å². The van der Waals surface area contributed by atoms with Crippen molar-refractivity contribution < 1.29 is 24.2 Å². The van der Waals surface area contributed by atoms with Gasteiger partial charge in [0.1, 0.15) is 5.75 Å². The van der Waals surface area contributed by atoms with Gasteiger partial charge in [-0.3, -0.25) is 14.4 Å². The van der Waals surface area contributed by atoms with E-state index in [-0.39, 0.29) is 18.9 Å². The van der Waals surface area contributed by atoms with Crippen LogP contribution in [0.1, 0.15) is 32.6 Å². The van der Waals surface area contributed by atoms with Crippen LogP contribution in [-0.2, 0) is 14.4 Å². The largest absolute Gasteiger partial charge is 0.494 e. The first-order valence-corrected chi connectivity index (χ1v) is 7.98. The number of hydrogen-bond donors (Lipinski definition) is 3. The van der Waals surface area contributed by atoms with E-state index >= 15 is 0 Å². The summed E-state index contributed by atoms with van der Waals surface area (Å²) in [5.41, 5.74) is -0.353. The molecule has 24 heavy (non-hydrogen) atoms. The Morgan fingerprint density at radius 3 is 2.33 bits per heavy atom. The van der Waals surface area contributed by atoms with Crippen LogP contribution in [0.4, 0.5) is 5.69 Å². The Hall–Kier alpha value is -2.57. The van der Waals surface area contributed by atoms with Gasteiger partial charge in [0.15, 0.2) is 0 Å². The molecule has 0 aliphatic heterocycles. The van der Waals surface area contributed by atoms with E-state index in [0.29, 0.717) is 30.9 Å². The van der Waals surface area contributed by atoms with Crippen LogP contribution in [0.25, 0.3) is 0 Å². The van der Waals surface area contributed by atoms with Crippen molar-refractivity contribution in [2.24, 2.45) is 5.41 Å². The molecular formula is C17H22N2O5. The first-order valence-electron chi connectivity index (χ1n) is 7.98. The number of aliphatic carboxylic acids is 1. The van der Waals surface area contributed by atoms with Gasteiger partial charge in [-0.1, -0.05) is 6.42 Å². The molecule has 0 spiro atoms. The number of carboxylic acid groups (broad SMARTS) is 1. The number of nitrogens with one attached hydrogen (secondary N) is 2. The van der Waals surface area contributed by atoms with Crippen molar-refractivity contribution in [1.82, 2.24) is 5.32 Å². The fourth-order valence-corrected chi connectivity index (χ4v) is 2.62. The maximum atomic E-state index is 11.9. The second-order valence-electron chi connectivity index (χ2n) is 5.90. The number of anilines is 1. The molecule has 1 aliphatic carbocycles. The van der Waals surface area contributed by atoms with E-state index in [9.17, 15) is 19.5 Å². The first kappa shape index (κ1) is 17.8. The van der Waals surface area contributed by atoms with Crippen molar-refractivity contribution in [3.8, 4) is 5.75 Å². The summed E-state index contributed by atoms with van der Waals surface area (Å²) in [5, 5.41) is 14.3. The van der Waals surface area contributed by atoms with Gasteiger partial charge in [0.25, 0.3) is 0 Å². The Bertz CT molecular complexity index is 608. The van der Waals surface area contributed by atoms with Gasteiger partial charge in [0, 0.05) is 12.1 Å². The fraction of sp³-hybridized carbons (Fsp3) is 0.471. The second-order valence-corrected chi connectivity index (χ2v) is 5.90. The summed E-state index contributed by atoms with van der Waals surface area (Å²) in [7, 11) is 0. The van der Waals surface area contributed by atoms with Crippen molar-refractivity contribution in [3.05, 3.63) is 24.3 Å². The van der Waals surface area contributed by atoms with Crippen molar-refractivity contribution >= 4 is 23.5 Å². The Morgan fingerprint density at radius 1 is 1.17 bits per heavy atom. The SMILES string of the molecule is CCOc1ccc(NC(=O)CNC(=O)CC2(C(=O)O)CCC2)cc1. The molecule has 0 bridgehead atoms. The summed E-state index contributed by atoms with van der Waals surface area (Å²) in [6.45, 7) is 2.26. The third-order valence-electron chi connectivity index (χ3n) is 4.16. The Labute approximate surface area is 140 Å². The number of carboxylic acids is 1. The van der Waals surface area contributed by atoms with E-state index in [0.717, 1.165) is 6.42 Å². The molecular weight excluding hydrogens is 312 g/mol. The first-order chi connectivity index (χ1) is 11.4. The minimum Gasteiger partial charge on any atom is -0.494 e. The van der Waals surface area contributed by atoms with Crippen molar-refractivity contribution in [2.45, 2.75) is 32.6 Å². The van der Waals surface area contributed by atoms with Crippen LogP contribution in [0.3, 0.4) is 0 Å². The molecule has 1 aromatic carbocycles. The molecule has 1 fully saturated rings. The summed E-state index contributed by atoms with van der Waals surface area (Å²) in [4.78, 5) is 34.9. The van der Waals surface area contributed by atoms with E-state index < -0.39 is 17.3 Å². The van der Waals surface area contributed by atoms with E-state index in [1.807, 2.05) is 6.92 Å². The van der Waals surface area contributed by atoms with Gasteiger partial charge in [-0.05, 0) is 44.0 Å². The molecule has 3 N–H and O–H groups in total. The summed E-state index contributed by atoms with van der Waals surface area (Å²) in [6.07, 6.45) is 1.75. The van der Waals surface area contributed by atoms with Crippen molar-refractivity contribution in [1.29, 1.82) is 0 Å². The average molecular weight is 334 g/mol. The molecule has 0 heterocycles. The van der Waals surface area contributed by atoms with Crippen LogP contribution in [-0.4, -0.2) is 36.0 Å². The highest BCUT2D eigenvalue weighted by molar-refractivity contribution is 5.95. The second kappa shape index (κ2) is 7.81. The summed E-state index contributed by atoms with van der Waals surface area (Å²) in [5.74, 6) is -1.02. The molecule has 2 amide bonds. The van der Waals surface area contributed by atoms with Gasteiger partial charge >= 0.3 is 5.97 Å². The lowest BCUT2D eigenvalue weighted by Gasteiger charge is -2.36. The van der Waals surface area contributed by atoms with Gasteiger partial charge in [0.2, 0.25) is 11.8 Å². The predicted octanol–water partition coefficient (Wildman–Crippen LogP) is 1.78. The van der Waals surface area contributed by atoms with Gasteiger partial charge in [-0.15, -0.1) is 0 Å². The number of carbonyl (C=O) groups is 3. The van der Waals surface area contributed by atoms with Crippen LogP contribution in [0, 0.1) is 5.41 Å². The average Bonchev–Trinajstić information content (AvgIpc) is 2.51. The molecule has 7 nitrogen and oxygen atoms in total. The zero-order chi connectivity index (χ0) is 17.6. The highest BCUT2D eigenvalue weighted by Crippen LogP contribution is 2.44. The Morgan fingerprint density at radius 2 is 1.83 bits per heavy atom. The van der Waals surface area contributed by atoms with Crippen LogP contribution in [0.2, 0.25) is 0 Å². The molecule has 0 radical (unpaired) electrons. The fourth-order valence-electron chi connectivity index (χ4n) is 2.62. The normalized spacial score (nSPS) is 15.0. The third-order valence-corrected chi connectivity index (χ3v) is 4.16. The topological polar surface area (TPSA) is 105 Å². The number of benzene rings is 1. The number of amides is 2. The zero-order valence-electron chi connectivity index (χ0n) is 13.6. The smallest absolute Gasteiger partial charge is 0.310 e. The number of carbonyl (C=O) groups excluding carboxylic acids is 2. The van der Waals surface area contributed by atoms with E-state index in [2.05, 4.69) is 10.6 Å². The lowest BCUT2D eigenvalue weighted by Crippen LogP contribution is -2.43. The molecule has 0 atom stereocenters. The van der Waals surface area contributed by atoms with E-state index in [1.165, 1.54) is 0 Å². The van der Waals surface area contributed by atoms with E-state index in [4.69, 9.17) is 4.74 Å². The summed E-state index contributed by atoms with van der Waals surface area (Å²) in [6, 6.07) is 6.90. The van der Waals surface area contributed by atoms with Crippen LogP contribution >= 0.6 is 0 Å².